The second-order valence-electron chi connectivity index (χ2n) is 7.03. The third-order valence-electron chi connectivity index (χ3n) is 4.65. The van der Waals surface area contributed by atoms with Gasteiger partial charge in [-0.2, -0.15) is 0 Å². The average Bonchev–Trinajstić information content (AvgIpc) is 2.76. The molecule has 2 fully saturated rings. The summed E-state index contributed by atoms with van der Waals surface area (Å²) in [6.07, 6.45) is 6.86. The summed E-state index contributed by atoms with van der Waals surface area (Å²) < 4.78 is 0. The second-order valence-corrected chi connectivity index (χ2v) is 7.03. The molecule has 0 aromatic heterocycles. The van der Waals surface area contributed by atoms with Crippen LogP contribution in [0.1, 0.15) is 46.0 Å². The summed E-state index contributed by atoms with van der Waals surface area (Å²) in [7, 11) is 2.27. The Morgan fingerprint density at radius 3 is 2.68 bits per heavy atom. The van der Waals surface area contributed by atoms with Gasteiger partial charge in [-0.15, -0.1) is 0 Å². The molecule has 0 aromatic carbocycles. The Morgan fingerprint density at radius 2 is 2.00 bits per heavy atom. The van der Waals surface area contributed by atoms with Gasteiger partial charge >= 0.3 is 0 Å². The van der Waals surface area contributed by atoms with Crippen LogP contribution in [0.4, 0.5) is 0 Å². The number of hydrogen-bond donors (Lipinski definition) is 1. The molecule has 1 N–H and O–H groups in total. The van der Waals surface area contributed by atoms with Gasteiger partial charge in [-0.25, -0.2) is 0 Å². The highest BCUT2D eigenvalue weighted by molar-refractivity contribution is 4.83. The third-order valence-corrected chi connectivity index (χ3v) is 4.65. The van der Waals surface area contributed by atoms with Gasteiger partial charge in [0.2, 0.25) is 0 Å². The number of likely N-dealkylation sites (tertiary alicyclic amines) is 1. The Kier molecular flexibility index (Phi) is 6.11. The molecular formula is C16H33N3. The van der Waals surface area contributed by atoms with Crippen LogP contribution in [0.2, 0.25) is 0 Å². The Morgan fingerprint density at radius 1 is 1.16 bits per heavy atom. The van der Waals surface area contributed by atoms with E-state index in [1.165, 1.54) is 64.8 Å². The molecule has 19 heavy (non-hydrogen) atoms. The third kappa shape index (κ3) is 5.05. The van der Waals surface area contributed by atoms with Gasteiger partial charge in [0, 0.05) is 25.2 Å². The van der Waals surface area contributed by atoms with E-state index in [0.717, 1.165) is 18.0 Å². The summed E-state index contributed by atoms with van der Waals surface area (Å²) in [5.74, 6) is 0.780. The summed E-state index contributed by atoms with van der Waals surface area (Å²) >= 11 is 0. The molecule has 0 spiro atoms. The molecule has 3 nitrogen and oxygen atoms in total. The molecule has 2 aliphatic rings. The monoisotopic (exact) mass is 267 g/mol. The van der Waals surface area contributed by atoms with Gasteiger partial charge in [-0.3, -0.25) is 4.90 Å². The standard InChI is InChI=1S/C16H33N3/c1-14(2)12-19(13-15-6-4-9-17-15)16-7-5-10-18(3)11-8-16/h14-17H,4-13H2,1-3H3. The van der Waals surface area contributed by atoms with E-state index in [1.807, 2.05) is 0 Å². The first kappa shape index (κ1) is 15.3. The first-order chi connectivity index (χ1) is 9.15. The Bertz CT molecular complexity index is 248. The van der Waals surface area contributed by atoms with Gasteiger partial charge in [0.05, 0.1) is 0 Å². The fourth-order valence-corrected chi connectivity index (χ4v) is 3.62. The zero-order chi connectivity index (χ0) is 13.7. The van der Waals surface area contributed by atoms with Crippen molar-refractivity contribution in [3.8, 4) is 0 Å². The van der Waals surface area contributed by atoms with Crippen LogP contribution in [-0.4, -0.2) is 61.7 Å². The van der Waals surface area contributed by atoms with Crippen molar-refractivity contribution in [3.05, 3.63) is 0 Å². The van der Waals surface area contributed by atoms with Gasteiger partial charge in [0.1, 0.15) is 0 Å². The molecule has 112 valence electrons. The molecule has 2 atom stereocenters. The fourth-order valence-electron chi connectivity index (χ4n) is 3.62. The van der Waals surface area contributed by atoms with Gasteiger partial charge in [0.15, 0.2) is 0 Å². The maximum atomic E-state index is 3.67. The van der Waals surface area contributed by atoms with Crippen LogP contribution < -0.4 is 5.32 Å². The molecule has 2 unspecified atom stereocenters. The van der Waals surface area contributed by atoms with Crippen molar-refractivity contribution in [2.24, 2.45) is 5.92 Å². The quantitative estimate of drug-likeness (QED) is 0.824. The van der Waals surface area contributed by atoms with Gasteiger partial charge < -0.3 is 10.2 Å². The number of hydrogen-bond acceptors (Lipinski definition) is 3. The van der Waals surface area contributed by atoms with Crippen LogP contribution >= 0.6 is 0 Å². The molecule has 2 heterocycles. The van der Waals surface area contributed by atoms with Gasteiger partial charge in [-0.05, 0) is 64.7 Å². The zero-order valence-corrected chi connectivity index (χ0v) is 13.2. The lowest BCUT2D eigenvalue weighted by molar-refractivity contribution is 0.147. The number of nitrogens with zero attached hydrogens (tertiary/aromatic N) is 2. The highest BCUT2D eigenvalue weighted by Gasteiger charge is 2.25. The Balaban J connectivity index is 1.90. The summed E-state index contributed by atoms with van der Waals surface area (Å²) in [6.45, 7) is 11.0. The highest BCUT2D eigenvalue weighted by Crippen LogP contribution is 2.19. The van der Waals surface area contributed by atoms with E-state index in [-0.39, 0.29) is 0 Å². The maximum Gasteiger partial charge on any atom is 0.0195 e. The van der Waals surface area contributed by atoms with Crippen molar-refractivity contribution >= 4 is 0 Å². The van der Waals surface area contributed by atoms with E-state index in [9.17, 15) is 0 Å². The van der Waals surface area contributed by atoms with Crippen molar-refractivity contribution in [2.45, 2.75) is 58.0 Å². The largest absolute Gasteiger partial charge is 0.313 e. The second kappa shape index (κ2) is 7.61. The Labute approximate surface area is 119 Å². The lowest BCUT2D eigenvalue weighted by Crippen LogP contribution is -2.45. The average molecular weight is 267 g/mol. The van der Waals surface area contributed by atoms with Crippen LogP contribution in [-0.2, 0) is 0 Å². The topological polar surface area (TPSA) is 18.5 Å². The first-order valence-electron chi connectivity index (χ1n) is 8.31. The molecule has 0 aromatic rings. The van der Waals surface area contributed by atoms with Crippen LogP contribution in [0.3, 0.4) is 0 Å². The van der Waals surface area contributed by atoms with E-state index in [4.69, 9.17) is 0 Å². The minimum Gasteiger partial charge on any atom is -0.313 e. The maximum absolute atomic E-state index is 3.67. The molecule has 2 saturated heterocycles. The molecule has 0 bridgehead atoms. The molecular weight excluding hydrogens is 234 g/mol. The van der Waals surface area contributed by atoms with E-state index in [0.29, 0.717) is 0 Å². The molecule has 0 amide bonds. The summed E-state index contributed by atoms with van der Waals surface area (Å²) in [6, 6.07) is 1.56. The minimum absolute atomic E-state index is 0.750. The molecule has 3 heteroatoms. The summed E-state index contributed by atoms with van der Waals surface area (Å²) in [5, 5.41) is 3.67. The lowest BCUT2D eigenvalue weighted by atomic mass is 10.0. The summed E-state index contributed by atoms with van der Waals surface area (Å²) in [4.78, 5) is 5.30. The Hall–Kier alpha value is -0.120. The van der Waals surface area contributed by atoms with Gasteiger partial charge in [0.25, 0.3) is 0 Å². The van der Waals surface area contributed by atoms with E-state index in [2.05, 4.69) is 36.0 Å². The molecule has 0 saturated carbocycles. The van der Waals surface area contributed by atoms with E-state index in [1.54, 1.807) is 0 Å². The van der Waals surface area contributed by atoms with Crippen LogP contribution in [0.25, 0.3) is 0 Å². The van der Waals surface area contributed by atoms with Gasteiger partial charge in [-0.1, -0.05) is 13.8 Å². The minimum atomic E-state index is 0.750. The predicted molar refractivity (Wildman–Crippen MR) is 82.6 cm³/mol. The van der Waals surface area contributed by atoms with Crippen LogP contribution in [0, 0.1) is 5.92 Å². The smallest absolute Gasteiger partial charge is 0.0195 e. The van der Waals surface area contributed by atoms with Crippen molar-refractivity contribution in [1.82, 2.24) is 15.1 Å². The van der Waals surface area contributed by atoms with E-state index >= 15 is 0 Å². The number of nitrogens with one attached hydrogen (secondary N) is 1. The summed E-state index contributed by atoms with van der Waals surface area (Å²) in [5.41, 5.74) is 0. The normalized spacial score (nSPS) is 30.2. The molecule has 2 rings (SSSR count). The number of rotatable bonds is 5. The zero-order valence-electron chi connectivity index (χ0n) is 13.2. The highest BCUT2D eigenvalue weighted by atomic mass is 15.2. The fraction of sp³-hybridized carbons (Fsp3) is 1.00. The molecule has 0 aliphatic carbocycles. The van der Waals surface area contributed by atoms with Crippen molar-refractivity contribution in [1.29, 1.82) is 0 Å². The van der Waals surface area contributed by atoms with Crippen molar-refractivity contribution in [3.63, 3.8) is 0 Å². The van der Waals surface area contributed by atoms with Crippen molar-refractivity contribution < 1.29 is 0 Å². The lowest BCUT2D eigenvalue weighted by Gasteiger charge is -2.34. The van der Waals surface area contributed by atoms with Crippen LogP contribution in [0.5, 0.6) is 0 Å². The van der Waals surface area contributed by atoms with Crippen LogP contribution in [0.15, 0.2) is 0 Å². The first-order valence-corrected chi connectivity index (χ1v) is 8.31. The molecule has 0 radical (unpaired) electrons. The molecule has 2 aliphatic heterocycles. The SMILES string of the molecule is CC(C)CN(CC1CCCN1)C1CCCN(C)CC1. The van der Waals surface area contributed by atoms with E-state index < -0.39 is 0 Å². The predicted octanol–water partition coefficient (Wildman–Crippen LogP) is 2.18. The van der Waals surface area contributed by atoms with Crippen molar-refractivity contribution in [2.75, 3.05) is 39.8 Å².